The molecule has 0 bridgehead atoms. The van der Waals surface area contributed by atoms with Crippen molar-refractivity contribution in [2.24, 2.45) is 0 Å². The minimum Gasteiger partial charge on any atom is -0.494 e. The van der Waals surface area contributed by atoms with Gasteiger partial charge in [0.05, 0.1) is 17.6 Å². The van der Waals surface area contributed by atoms with Crippen molar-refractivity contribution in [3.8, 4) is 5.75 Å². The Morgan fingerprint density at radius 1 is 1.00 bits per heavy atom. The van der Waals surface area contributed by atoms with E-state index < -0.39 is 0 Å². The number of rotatable bonds is 13. The molecular formula is C25H31N3O2. The van der Waals surface area contributed by atoms with Crippen molar-refractivity contribution in [1.82, 2.24) is 14.9 Å². The molecule has 5 heteroatoms. The van der Waals surface area contributed by atoms with E-state index in [1.54, 1.807) is 0 Å². The van der Waals surface area contributed by atoms with Crippen LogP contribution in [-0.2, 0) is 17.8 Å². The first kappa shape index (κ1) is 21.6. The summed E-state index contributed by atoms with van der Waals surface area (Å²) in [5, 5.41) is 2.83. The van der Waals surface area contributed by atoms with Gasteiger partial charge in [-0.1, -0.05) is 43.3 Å². The predicted octanol–water partition coefficient (Wildman–Crippen LogP) is 4.91. The van der Waals surface area contributed by atoms with Gasteiger partial charge >= 0.3 is 0 Å². The fraction of sp³-hybridized carbons (Fsp3) is 0.360. The van der Waals surface area contributed by atoms with Crippen molar-refractivity contribution in [3.63, 3.8) is 0 Å². The SMILES string of the molecule is C=CC(=O)NCCCCCc1nc2ccccc2n1CCCCOc1ccccc1. The number of amides is 1. The van der Waals surface area contributed by atoms with Gasteiger partial charge in [-0.15, -0.1) is 0 Å². The first-order valence-electron chi connectivity index (χ1n) is 10.8. The average molecular weight is 406 g/mol. The number of hydrogen-bond donors (Lipinski definition) is 1. The van der Waals surface area contributed by atoms with Gasteiger partial charge < -0.3 is 14.6 Å². The number of hydrogen-bond acceptors (Lipinski definition) is 3. The van der Waals surface area contributed by atoms with E-state index in [0.29, 0.717) is 6.54 Å². The summed E-state index contributed by atoms with van der Waals surface area (Å²) in [4.78, 5) is 16.1. The number of carbonyl (C=O) groups is 1. The van der Waals surface area contributed by atoms with Crippen molar-refractivity contribution in [3.05, 3.63) is 73.1 Å². The van der Waals surface area contributed by atoms with Gasteiger partial charge in [0.1, 0.15) is 11.6 Å². The second kappa shape index (κ2) is 11.8. The highest BCUT2D eigenvalue weighted by atomic mass is 16.5. The van der Waals surface area contributed by atoms with E-state index in [1.165, 1.54) is 11.6 Å². The Morgan fingerprint density at radius 2 is 1.80 bits per heavy atom. The lowest BCUT2D eigenvalue weighted by Gasteiger charge is -2.10. The number of unbranched alkanes of at least 4 members (excludes halogenated alkanes) is 3. The van der Waals surface area contributed by atoms with E-state index in [1.807, 2.05) is 36.4 Å². The minimum absolute atomic E-state index is 0.104. The maximum absolute atomic E-state index is 11.2. The third-order valence-corrected chi connectivity index (χ3v) is 5.08. The number of aromatic nitrogens is 2. The molecule has 0 fully saturated rings. The van der Waals surface area contributed by atoms with Gasteiger partial charge in [0.15, 0.2) is 0 Å². The molecule has 2 aromatic carbocycles. The fourth-order valence-corrected chi connectivity index (χ4v) is 3.51. The summed E-state index contributed by atoms with van der Waals surface area (Å²) in [6.45, 7) is 5.84. The number of fused-ring (bicyclic) bond motifs is 1. The molecule has 0 aliphatic carbocycles. The van der Waals surface area contributed by atoms with Crippen LogP contribution in [0.3, 0.4) is 0 Å². The normalized spacial score (nSPS) is 10.8. The van der Waals surface area contributed by atoms with Crippen LogP contribution in [0.2, 0.25) is 0 Å². The van der Waals surface area contributed by atoms with Crippen LogP contribution in [0.15, 0.2) is 67.3 Å². The Labute approximate surface area is 178 Å². The second-order valence-electron chi connectivity index (χ2n) is 7.34. The molecule has 30 heavy (non-hydrogen) atoms. The monoisotopic (exact) mass is 405 g/mol. The minimum atomic E-state index is -0.104. The highest BCUT2D eigenvalue weighted by Gasteiger charge is 2.10. The van der Waals surface area contributed by atoms with Crippen LogP contribution in [-0.4, -0.2) is 28.6 Å². The summed E-state index contributed by atoms with van der Waals surface area (Å²) in [5.74, 6) is 1.97. The number of nitrogens with one attached hydrogen (secondary N) is 1. The van der Waals surface area contributed by atoms with Crippen LogP contribution in [0.4, 0.5) is 0 Å². The van der Waals surface area contributed by atoms with E-state index in [-0.39, 0.29) is 5.91 Å². The molecule has 1 aromatic heterocycles. The lowest BCUT2D eigenvalue weighted by atomic mass is 10.2. The van der Waals surface area contributed by atoms with Crippen LogP contribution in [0.25, 0.3) is 11.0 Å². The number of benzene rings is 2. The van der Waals surface area contributed by atoms with Crippen molar-refractivity contribution in [2.75, 3.05) is 13.2 Å². The molecule has 0 aliphatic rings. The summed E-state index contributed by atoms with van der Waals surface area (Å²) >= 11 is 0. The molecule has 1 heterocycles. The largest absolute Gasteiger partial charge is 0.494 e. The predicted molar refractivity (Wildman–Crippen MR) is 122 cm³/mol. The van der Waals surface area contributed by atoms with Gasteiger partial charge in [0.2, 0.25) is 5.91 Å². The molecule has 1 amide bonds. The van der Waals surface area contributed by atoms with Crippen molar-refractivity contribution in [1.29, 1.82) is 0 Å². The molecule has 0 unspecified atom stereocenters. The molecule has 5 nitrogen and oxygen atoms in total. The van der Waals surface area contributed by atoms with Gasteiger partial charge in [0, 0.05) is 19.5 Å². The lowest BCUT2D eigenvalue weighted by molar-refractivity contribution is -0.116. The number of carbonyl (C=O) groups excluding carboxylic acids is 1. The second-order valence-corrected chi connectivity index (χ2v) is 7.34. The number of nitrogens with zero attached hydrogens (tertiary/aromatic N) is 2. The molecule has 3 rings (SSSR count). The Balaban J connectivity index is 1.47. The Bertz CT molecular complexity index is 934. The molecule has 0 spiro atoms. The highest BCUT2D eigenvalue weighted by molar-refractivity contribution is 5.86. The molecule has 0 saturated carbocycles. The van der Waals surface area contributed by atoms with Crippen LogP contribution in [0.5, 0.6) is 5.75 Å². The molecule has 0 saturated heterocycles. The zero-order valence-corrected chi connectivity index (χ0v) is 17.6. The average Bonchev–Trinajstić information content (AvgIpc) is 3.13. The molecule has 1 N–H and O–H groups in total. The van der Waals surface area contributed by atoms with Gasteiger partial charge in [0.25, 0.3) is 0 Å². The zero-order valence-electron chi connectivity index (χ0n) is 17.6. The topological polar surface area (TPSA) is 56.2 Å². The Morgan fingerprint density at radius 3 is 2.63 bits per heavy atom. The lowest BCUT2D eigenvalue weighted by Crippen LogP contribution is -2.21. The van der Waals surface area contributed by atoms with Gasteiger partial charge in [-0.05, 0) is 56.0 Å². The van der Waals surface area contributed by atoms with E-state index in [4.69, 9.17) is 9.72 Å². The summed E-state index contributed by atoms with van der Waals surface area (Å²) in [6, 6.07) is 18.3. The highest BCUT2D eigenvalue weighted by Crippen LogP contribution is 2.19. The molecular weight excluding hydrogens is 374 g/mol. The molecule has 0 aliphatic heterocycles. The number of ether oxygens (including phenoxy) is 1. The first-order chi connectivity index (χ1) is 14.8. The van der Waals surface area contributed by atoms with E-state index in [0.717, 1.165) is 68.8 Å². The summed E-state index contributed by atoms with van der Waals surface area (Å²) in [7, 11) is 0. The number of para-hydroxylation sites is 3. The number of aryl methyl sites for hydroxylation is 2. The zero-order chi connectivity index (χ0) is 21.0. The summed E-state index contributed by atoms with van der Waals surface area (Å²) in [5.41, 5.74) is 2.26. The molecule has 0 atom stereocenters. The van der Waals surface area contributed by atoms with Crippen LogP contribution < -0.4 is 10.1 Å². The van der Waals surface area contributed by atoms with Crippen LogP contribution >= 0.6 is 0 Å². The maximum atomic E-state index is 11.2. The smallest absolute Gasteiger partial charge is 0.243 e. The third-order valence-electron chi connectivity index (χ3n) is 5.08. The third kappa shape index (κ3) is 6.48. The Kier molecular flexibility index (Phi) is 8.51. The summed E-state index contributed by atoms with van der Waals surface area (Å²) in [6.07, 6.45) is 7.40. The van der Waals surface area contributed by atoms with Crippen molar-refractivity contribution in [2.45, 2.75) is 45.1 Å². The van der Waals surface area contributed by atoms with Crippen LogP contribution in [0.1, 0.15) is 37.9 Å². The standard InChI is InChI=1S/C25H31N3O2/c1-2-25(29)26-18-10-4-7-17-24-27-22-15-8-9-16-23(22)28(24)19-11-12-20-30-21-13-5-3-6-14-21/h2-3,5-6,8-9,13-16H,1,4,7,10-12,17-20H2,(H,26,29). The molecule has 0 radical (unpaired) electrons. The molecule has 158 valence electrons. The fourth-order valence-electron chi connectivity index (χ4n) is 3.51. The van der Waals surface area contributed by atoms with E-state index >= 15 is 0 Å². The van der Waals surface area contributed by atoms with E-state index in [2.05, 4.69) is 34.7 Å². The van der Waals surface area contributed by atoms with Crippen LogP contribution in [0, 0.1) is 0 Å². The number of imidazole rings is 1. The van der Waals surface area contributed by atoms with Crippen molar-refractivity contribution >= 4 is 16.9 Å². The summed E-state index contributed by atoms with van der Waals surface area (Å²) < 4.78 is 8.17. The van der Waals surface area contributed by atoms with Gasteiger partial charge in [-0.3, -0.25) is 4.79 Å². The maximum Gasteiger partial charge on any atom is 0.243 e. The van der Waals surface area contributed by atoms with E-state index in [9.17, 15) is 4.79 Å². The first-order valence-corrected chi connectivity index (χ1v) is 10.8. The van der Waals surface area contributed by atoms with Gasteiger partial charge in [-0.25, -0.2) is 4.98 Å². The quantitative estimate of drug-likeness (QED) is 0.325. The van der Waals surface area contributed by atoms with Crippen molar-refractivity contribution < 1.29 is 9.53 Å². The molecule has 3 aromatic rings. The Hall–Kier alpha value is -3.08. The van der Waals surface area contributed by atoms with Gasteiger partial charge in [-0.2, -0.15) is 0 Å².